The van der Waals surface area contributed by atoms with E-state index in [9.17, 15) is 9.18 Å². The van der Waals surface area contributed by atoms with Crippen LogP contribution < -0.4 is 5.73 Å². The van der Waals surface area contributed by atoms with E-state index in [0.29, 0.717) is 5.56 Å². The number of hydrogen-bond acceptors (Lipinski definition) is 2. The van der Waals surface area contributed by atoms with Crippen molar-refractivity contribution in [1.29, 1.82) is 0 Å². The molecule has 0 aliphatic carbocycles. The summed E-state index contributed by atoms with van der Waals surface area (Å²) in [6.45, 7) is 3.39. The number of rotatable bonds is 3. The van der Waals surface area contributed by atoms with E-state index in [1.165, 1.54) is 6.07 Å². The lowest BCUT2D eigenvalue weighted by atomic mass is 9.99. The molecule has 0 fully saturated rings. The smallest absolute Gasteiger partial charge is 0.320 e. The van der Waals surface area contributed by atoms with Crippen LogP contribution in [0, 0.1) is 19.7 Å². The Morgan fingerprint density at radius 2 is 2.07 bits per heavy atom. The molecule has 1 aromatic carbocycles. The number of aliphatic carboxylic acids is 1. The molecule has 1 atom stereocenters. The maximum absolute atomic E-state index is 13.1. The van der Waals surface area contributed by atoms with E-state index in [-0.39, 0.29) is 12.2 Å². The largest absolute Gasteiger partial charge is 0.480 e. The Balaban J connectivity index is 2.95. The summed E-state index contributed by atoms with van der Waals surface area (Å²) >= 11 is 0. The molecule has 0 saturated heterocycles. The maximum atomic E-state index is 13.1. The van der Waals surface area contributed by atoms with Crippen LogP contribution in [0.25, 0.3) is 0 Å². The number of nitrogens with two attached hydrogens (primary N) is 1. The standard InChI is InChI=1S/C11H14FNO2/c1-6-4-9(12)7(2)3-8(6)5-10(13)11(14)15/h3-4,10H,5,13H2,1-2H3,(H,14,15). The third-order valence-corrected chi connectivity index (χ3v) is 2.37. The van der Waals surface area contributed by atoms with E-state index in [1.807, 2.05) is 0 Å². The molecule has 0 bridgehead atoms. The van der Waals surface area contributed by atoms with Gasteiger partial charge in [-0.3, -0.25) is 4.79 Å². The highest BCUT2D eigenvalue weighted by molar-refractivity contribution is 5.73. The molecule has 15 heavy (non-hydrogen) atoms. The fraction of sp³-hybridized carbons (Fsp3) is 0.364. The lowest BCUT2D eigenvalue weighted by Crippen LogP contribution is -2.32. The first-order chi connectivity index (χ1) is 6.91. The predicted molar refractivity (Wildman–Crippen MR) is 55.2 cm³/mol. The van der Waals surface area contributed by atoms with Gasteiger partial charge in [0.2, 0.25) is 0 Å². The second kappa shape index (κ2) is 4.40. The summed E-state index contributed by atoms with van der Waals surface area (Å²) in [5.41, 5.74) is 7.43. The zero-order valence-corrected chi connectivity index (χ0v) is 8.75. The molecule has 82 valence electrons. The minimum atomic E-state index is -1.05. The molecule has 0 radical (unpaired) electrons. The van der Waals surface area contributed by atoms with E-state index < -0.39 is 12.0 Å². The van der Waals surface area contributed by atoms with E-state index >= 15 is 0 Å². The Morgan fingerprint density at radius 3 is 2.60 bits per heavy atom. The summed E-state index contributed by atoms with van der Waals surface area (Å²) in [7, 11) is 0. The zero-order valence-electron chi connectivity index (χ0n) is 8.75. The highest BCUT2D eigenvalue weighted by Crippen LogP contribution is 2.16. The van der Waals surface area contributed by atoms with E-state index in [2.05, 4.69) is 0 Å². The van der Waals surface area contributed by atoms with Gasteiger partial charge in [-0.15, -0.1) is 0 Å². The van der Waals surface area contributed by atoms with Gasteiger partial charge in [0.05, 0.1) is 0 Å². The minimum absolute atomic E-state index is 0.224. The van der Waals surface area contributed by atoms with Gasteiger partial charge < -0.3 is 10.8 Å². The molecule has 3 N–H and O–H groups in total. The minimum Gasteiger partial charge on any atom is -0.480 e. The van der Waals surface area contributed by atoms with Gasteiger partial charge in [0.25, 0.3) is 0 Å². The molecule has 0 spiro atoms. The third kappa shape index (κ3) is 2.76. The highest BCUT2D eigenvalue weighted by atomic mass is 19.1. The summed E-state index contributed by atoms with van der Waals surface area (Å²) in [4.78, 5) is 10.6. The van der Waals surface area contributed by atoms with Crippen molar-refractivity contribution in [2.45, 2.75) is 26.3 Å². The van der Waals surface area contributed by atoms with E-state index in [0.717, 1.165) is 11.1 Å². The van der Waals surface area contributed by atoms with Crippen molar-refractivity contribution >= 4 is 5.97 Å². The van der Waals surface area contributed by atoms with E-state index in [1.54, 1.807) is 19.9 Å². The van der Waals surface area contributed by atoms with Gasteiger partial charge in [0.1, 0.15) is 11.9 Å². The van der Waals surface area contributed by atoms with Crippen molar-refractivity contribution in [3.63, 3.8) is 0 Å². The number of hydrogen-bond donors (Lipinski definition) is 2. The van der Waals surface area contributed by atoms with Crippen molar-refractivity contribution in [2.75, 3.05) is 0 Å². The van der Waals surface area contributed by atoms with Gasteiger partial charge in [-0.1, -0.05) is 6.07 Å². The molecule has 3 nitrogen and oxygen atoms in total. The Kier molecular flexibility index (Phi) is 3.42. The molecule has 1 aromatic rings. The number of aryl methyl sites for hydroxylation is 2. The number of carboxylic acid groups (broad SMARTS) is 1. The van der Waals surface area contributed by atoms with Crippen LogP contribution in [0.3, 0.4) is 0 Å². The van der Waals surface area contributed by atoms with Crippen molar-refractivity contribution in [3.8, 4) is 0 Å². The summed E-state index contributed by atoms with van der Waals surface area (Å²) in [5, 5.41) is 8.66. The lowest BCUT2D eigenvalue weighted by Gasteiger charge is -2.10. The van der Waals surface area contributed by atoms with Gasteiger partial charge in [-0.25, -0.2) is 4.39 Å². The Labute approximate surface area is 87.7 Å². The summed E-state index contributed by atoms with van der Waals surface area (Å²) in [6.07, 6.45) is 0.224. The van der Waals surface area contributed by atoms with Gasteiger partial charge in [0.15, 0.2) is 0 Å². The molecule has 1 rings (SSSR count). The molecule has 1 unspecified atom stereocenters. The van der Waals surface area contributed by atoms with Crippen LogP contribution in [0.15, 0.2) is 12.1 Å². The monoisotopic (exact) mass is 211 g/mol. The Morgan fingerprint density at radius 1 is 1.47 bits per heavy atom. The zero-order chi connectivity index (χ0) is 11.6. The molecule has 0 aromatic heterocycles. The van der Waals surface area contributed by atoms with Gasteiger partial charge >= 0.3 is 5.97 Å². The summed E-state index contributed by atoms with van der Waals surface area (Å²) in [5.74, 6) is -1.32. The lowest BCUT2D eigenvalue weighted by molar-refractivity contribution is -0.138. The summed E-state index contributed by atoms with van der Waals surface area (Å²) < 4.78 is 13.1. The first-order valence-corrected chi connectivity index (χ1v) is 4.66. The number of carboxylic acids is 1. The van der Waals surface area contributed by atoms with Crippen molar-refractivity contribution in [2.24, 2.45) is 5.73 Å². The molecule has 0 heterocycles. The van der Waals surface area contributed by atoms with Crippen molar-refractivity contribution < 1.29 is 14.3 Å². The molecular formula is C11H14FNO2. The Hall–Kier alpha value is -1.42. The molecule has 0 aliphatic heterocycles. The third-order valence-electron chi connectivity index (χ3n) is 2.37. The fourth-order valence-electron chi connectivity index (χ4n) is 1.38. The average molecular weight is 211 g/mol. The SMILES string of the molecule is Cc1cc(CC(N)C(=O)O)c(C)cc1F. The van der Waals surface area contributed by atoms with Crippen LogP contribution >= 0.6 is 0 Å². The van der Waals surface area contributed by atoms with Crippen molar-refractivity contribution in [3.05, 3.63) is 34.6 Å². The maximum Gasteiger partial charge on any atom is 0.320 e. The predicted octanol–water partition coefficient (Wildman–Crippen LogP) is 1.40. The quantitative estimate of drug-likeness (QED) is 0.794. The second-order valence-electron chi connectivity index (χ2n) is 3.68. The first kappa shape index (κ1) is 11.7. The van der Waals surface area contributed by atoms with Crippen LogP contribution in [0.5, 0.6) is 0 Å². The van der Waals surface area contributed by atoms with E-state index in [4.69, 9.17) is 10.8 Å². The van der Waals surface area contributed by atoms with Crippen LogP contribution in [-0.2, 0) is 11.2 Å². The van der Waals surface area contributed by atoms with Crippen LogP contribution in [-0.4, -0.2) is 17.1 Å². The Bertz CT molecular complexity index is 390. The van der Waals surface area contributed by atoms with Gasteiger partial charge in [-0.05, 0) is 43.0 Å². The second-order valence-corrected chi connectivity index (χ2v) is 3.68. The average Bonchev–Trinajstić information content (AvgIpc) is 2.13. The van der Waals surface area contributed by atoms with Gasteiger partial charge in [-0.2, -0.15) is 0 Å². The molecular weight excluding hydrogens is 197 g/mol. The van der Waals surface area contributed by atoms with Crippen LogP contribution in [0.2, 0.25) is 0 Å². The molecule has 0 aliphatic rings. The fourth-order valence-corrected chi connectivity index (χ4v) is 1.38. The highest BCUT2D eigenvalue weighted by Gasteiger charge is 2.14. The van der Waals surface area contributed by atoms with Gasteiger partial charge in [0, 0.05) is 0 Å². The number of halogens is 1. The van der Waals surface area contributed by atoms with Crippen LogP contribution in [0.4, 0.5) is 4.39 Å². The molecule has 0 saturated carbocycles. The normalized spacial score (nSPS) is 12.5. The summed E-state index contributed by atoms with van der Waals surface area (Å²) in [6, 6.07) is 2.11. The number of benzene rings is 1. The first-order valence-electron chi connectivity index (χ1n) is 4.66. The molecule has 4 heteroatoms. The topological polar surface area (TPSA) is 63.3 Å². The molecule has 0 amide bonds. The van der Waals surface area contributed by atoms with Crippen molar-refractivity contribution in [1.82, 2.24) is 0 Å². The number of carbonyl (C=O) groups is 1. The van der Waals surface area contributed by atoms with Crippen LogP contribution in [0.1, 0.15) is 16.7 Å².